The maximum atomic E-state index is 13.1. The number of rotatable bonds is 9. The summed E-state index contributed by atoms with van der Waals surface area (Å²) in [7, 11) is -3.36. The third-order valence-electron chi connectivity index (χ3n) is 8.25. The zero-order valence-electron chi connectivity index (χ0n) is 23.1. The molecule has 40 heavy (non-hydrogen) atoms. The van der Waals surface area contributed by atoms with E-state index in [0.29, 0.717) is 37.1 Å². The van der Waals surface area contributed by atoms with E-state index in [0.717, 1.165) is 11.3 Å². The number of carbonyl (C=O) groups excluding carboxylic acids is 1. The zero-order chi connectivity index (χ0) is 29.2. The quantitative estimate of drug-likeness (QED) is 0.421. The molecule has 0 unspecified atom stereocenters. The van der Waals surface area contributed by atoms with Crippen molar-refractivity contribution in [3.63, 3.8) is 0 Å². The third-order valence-corrected chi connectivity index (χ3v) is 10.0. The van der Waals surface area contributed by atoms with Gasteiger partial charge >= 0.3 is 6.18 Å². The number of amides is 1. The summed E-state index contributed by atoms with van der Waals surface area (Å²) in [4.78, 5) is 20.2. The molecule has 1 saturated carbocycles. The summed E-state index contributed by atoms with van der Waals surface area (Å²) >= 11 is 0. The number of hydrogen-bond donors (Lipinski definition) is 2. The number of pyridine rings is 1. The van der Waals surface area contributed by atoms with Crippen LogP contribution in [-0.4, -0.2) is 54.4 Å². The Balaban J connectivity index is 1.44. The SMILES string of the molecule is CCS(=O)(=O)c1ccc([C@@H](CO)NC(=O)c2cnc3c(c2)CN(CC2CCC(C(F)(F)F)CC2)[C@H]3C(C)C)cc1. The number of aliphatic hydroxyl groups is 1. The minimum absolute atomic E-state index is 0.0217. The molecule has 2 heterocycles. The molecule has 1 aromatic carbocycles. The molecular formula is C29H38F3N3O4S. The summed E-state index contributed by atoms with van der Waals surface area (Å²) < 4.78 is 63.5. The Bertz CT molecular complexity index is 1290. The van der Waals surface area contributed by atoms with E-state index < -0.39 is 33.9 Å². The minimum Gasteiger partial charge on any atom is -0.394 e. The minimum atomic E-state index is -4.12. The van der Waals surface area contributed by atoms with E-state index in [9.17, 15) is 31.5 Å². The monoisotopic (exact) mass is 581 g/mol. The number of nitrogens with zero attached hydrogens (tertiary/aromatic N) is 2. The van der Waals surface area contributed by atoms with Crippen molar-refractivity contribution in [2.75, 3.05) is 18.9 Å². The fourth-order valence-corrected chi connectivity index (χ4v) is 6.88. The summed E-state index contributed by atoms with van der Waals surface area (Å²) in [6.45, 7) is 6.65. The topological polar surface area (TPSA) is 99.6 Å². The Morgan fingerprint density at radius 1 is 1.15 bits per heavy atom. The second-order valence-corrected chi connectivity index (χ2v) is 13.6. The van der Waals surface area contributed by atoms with E-state index in [1.54, 1.807) is 25.1 Å². The van der Waals surface area contributed by atoms with Gasteiger partial charge in [0.05, 0.1) is 46.5 Å². The highest BCUT2D eigenvalue weighted by Crippen LogP contribution is 2.43. The van der Waals surface area contributed by atoms with Gasteiger partial charge in [-0.25, -0.2) is 8.42 Å². The van der Waals surface area contributed by atoms with Crippen LogP contribution in [0.15, 0.2) is 41.4 Å². The summed E-state index contributed by atoms with van der Waals surface area (Å²) in [5, 5.41) is 12.7. The first-order valence-corrected chi connectivity index (χ1v) is 15.5. The van der Waals surface area contributed by atoms with Gasteiger partial charge in [0, 0.05) is 19.3 Å². The lowest BCUT2D eigenvalue weighted by Gasteiger charge is -2.35. The molecular weight excluding hydrogens is 543 g/mol. The molecule has 1 aliphatic carbocycles. The Hall–Kier alpha value is -2.50. The fraction of sp³-hybridized carbons (Fsp3) is 0.586. The first-order chi connectivity index (χ1) is 18.8. The van der Waals surface area contributed by atoms with Crippen LogP contribution in [0, 0.1) is 17.8 Å². The first kappa shape index (κ1) is 30.5. The van der Waals surface area contributed by atoms with Crippen molar-refractivity contribution < 1.29 is 31.5 Å². The number of fused-ring (bicyclic) bond motifs is 1. The van der Waals surface area contributed by atoms with Crippen LogP contribution in [0.4, 0.5) is 13.2 Å². The number of nitrogens with one attached hydrogen (secondary N) is 1. The number of benzene rings is 1. The number of sulfone groups is 1. The van der Waals surface area contributed by atoms with Crippen LogP contribution in [0.5, 0.6) is 0 Å². The van der Waals surface area contributed by atoms with Crippen LogP contribution in [0.2, 0.25) is 0 Å². The zero-order valence-corrected chi connectivity index (χ0v) is 23.9. The van der Waals surface area contributed by atoms with Gasteiger partial charge in [0.1, 0.15) is 0 Å². The molecule has 2 aromatic rings. The van der Waals surface area contributed by atoms with Gasteiger partial charge in [-0.15, -0.1) is 0 Å². The predicted molar refractivity (Wildman–Crippen MR) is 145 cm³/mol. The van der Waals surface area contributed by atoms with Crippen molar-refractivity contribution in [1.82, 2.24) is 15.2 Å². The Kier molecular flexibility index (Phi) is 9.26. The van der Waals surface area contributed by atoms with Gasteiger partial charge in [0.15, 0.2) is 9.84 Å². The number of carbonyl (C=O) groups is 1. The second kappa shape index (κ2) is 12.2. The maximum absolute atomic E-state index is 13.1. The third kappa shape index (κ3) is 6.69. The van der Waals surface area contributed by atoms with E-state index in [-0.39, 0.29) is 48.0 Å². The lowest BCUT2D eigenvalue weighted by molar-refractivity contribution is -0.184. The molecule has 2 atom stereocenters. The Morgan fingerprint density at radius 2 is 1.80 bits per heavy atom. The first-order valence-electron chi connectivity index (χ1n) is 13.9. The van der Waals surface area contributed by atoms with Crippen molar-refractivity contribution >= 4 is 15.7 Å². The average molecular weight is 582 g/mol. The van der Waals surface area contributed by atoms with Gasteiger partial charge < -0.3 is 10.4 Å². The molecule has 220 valence electrons. The van der Waals surface area contributed by atoms with Crippen molar-refractivity contribution in [3.8, 4) is 0 Å². The predicted octanol–water partition coefficient (Wildman–Crippen LogP) is 5.22. The summed E-state index contributed by atoms with van der Waals surface area (Å²) in [6, 6.07) is 7.20. The average Bonchev–Trinajstić information content (AvgIpc) is 3.28. The molecule has 0 spiro atoms. The highest BCUT2D eigenvalue weighted by atomic mass is 32.2. The van der Waals surface area contributed by atoms with Crippen LogP contribution in [0.25, 0.3) is 0 Å². The van der Waals surface area contributed by atoms with E-state index >= 15 is 0 Å². The summed E-state index contributed by atoms with van der Waals surface area (Å²) in [5.41, 5.74) is 2.73. The molecule has 2 N–H and O–H groups in total. The molecule has 0 bridgehead atoms. The number of halogens is 3. The highest BCUT2D eigenvalue weighted by molar-refractivity contribution is 7.91. The van der Waals surface area contributed by atoms with Gasteiger partial charge in [-0.05, 0) is 66.8 Å². The van der Waals surface area contributed by atoms with Crippen molar-refractivity contribution in [3.05, 3.63) is 58.9 Å². The van der Waals surface area contributed by atoms with Crippen LogP contribution in [0.1, 0.15) is 85.7 Å². The lowest BCUT2D eigenvalue weighted by Crippen LogP contribution is -2.35. The number of alkyl halides is 3. The molecule has 1 aromatic heterocycles. The summed E-state index contributed by atoms with van der Waals surface area (Å²) in [5.74, 6) is -1.21. The van der Waals surface area contributed by atoms with E-state index in [2.05, 4.69) is 29.0 Å². The molecule has 2 aliphatic rings. The van der Waals surface area contributed by atoms with Gasteiger partial charge in [0.25, 0.3) is 5.91 Å². The highest BCUT2D eigenvalue weighted by Gasteiger charge is 2.42. The number of hydrogen-bond acceptors (Lipinski definition) is 6. The maximum Gasteiger partial charge on any atom is 0.391 e. The molecule has 0 saturated heterocycles. The van der Waals surface area contributed by atoms with Crippen molar-refractivity contribution in [2.24, 2.45) is 17.8 Å². The van der Waals surface area contributed by atoms with Crippen LogP contribution in [0.3, 0.4) is 0 Å². The van der Waals surface area contributed by atoms with Crippen LogP contribution in [-0.2, 0) is 16.4 Å². The number of aromatic nitrogens is 1. The van der Waals surface area contributed by atoms with E-state index in [1.807, 2.05) is 0 Å². The van der Waals surface area contributed by atoms with E-state index in [4.69, 9.17) is 0 Å². The van der Waals surface area contributed by atoms with Crippen LogP contribution < -0.4 is 5.32 Å². The standard InChI is InChI=1S/C29H38F3N3O4S/c1-4-40(38,39)24-11-7-20(8-12-24)25(17-36)34-28(37)21-13-22-16-35(27(18(2)3)26(22)33-14-21)15-19-5-9-23(10-6-19)29(30,31)32/h7-8,11-14,18-19,23,25,27,36H,4-6,9-10,15-17H2,1-3H3,(H,34,37)/t19?,23?,25-,27+/m1/s1. The number of aliphatic hydroxyl groups excluding tert-OH is 1. The Morgan fingerprint density at radius 3 is 2.35 bits per heavy atom. The fourth-order valence-electron chi connectivity index (χ4n) is 6.00. The Labute approximate surface area is 234 Å². The molecule has 4 rings (SSSR count). The van der Waals surface area contributed by atoms with Gasteiger partial charge in [-0.2, -0.15) is 13.2 Å². The second-order valence-electron chi connectivity index (χ2n) is 11.3. The van der Waals surface area contributed by atoms with Crippen LogP contribution >= 0.6 is 0 Å². The largest absolute Gasteiger partial charge is 0.394 e. The molecule has 1 aliphatic heterocycles. The van der Waals surface area contributed by atoms with Crippen molar-refractivity contribution in [2.45, 2.75) is 76.2 Å². The lowest BCUT2D eigenvalue weighted by atomic mass is 9.81. The van der Waals surface area contributed by atoms with Gasteiger partial charge in [0.2, 0.25) is 0 Å². The van der Waals surface area contributed by atoms with Crippen molar-refractivity contribution in [1.29, 1.82) is 0 Å². The normalized spacial score (nSPS) is 22.8. The smallest absolute Gasteiger partial charge is 0.391 e. The molecule has 1 amide bonds. The van der Waals surface area contributed by atoms with Gasteiger partial charge in [-0.3, -0.25) is 14.7 Å². The molecule has 1 fully saturated rings. The molecule has 7 nitrogen and oxygen atoms in total. The van der Waals surface area contributed by atoms with Gasteiger partial charge in [-0.1, -0.05) is 32.9 Å². The van der Waals surface area contributed by atoms with E-state index in [1.165, 1.54) is 18.3 Å². The summed E-state index contributed by atoms with van der Waals surface area (Å²) in [6.07, 6.45) is -1.15. The molecule has 0 radical (unpaired) electrons. The molecule has 11 heteroatoms.